The summed E-state index contributed by atoms with van der Waals surface area (Å²) in [6, 6.07) is 6.15. The lowest BCUT2D eigenvalue weighted by Crippen LogP contribution is -2.18. The molecule has 80 valence electrons. The van der Waals surface area contributed by atoms with E-state index in [2.05, 4.69) is 42.4 Å². The first-order valence-electron chi connectivity index (χ1n) is 5.22. The lowest BCUT2D eigenvalue weighted by molar-refractivity contribution is 0.443. The molecule has 2 rings (SSSR count). The molecule has 0 aliphatic rings. The van der Waals surface area contributed by atoms with Crippen LogP contribution in [-0.2, 0) is 0 Å². The number of hydrogen-bond acceptors (Lipinski definition) is 2. The molecule has 3 heteroatoms. The second-order valence-corrected chi connectivity index (χ2v) is 5.05. The third-order valence-corrected chi connectivity index (χ3v) is 2.29. The van der Waals surface area contributed by atoms with Gasteiger partial charge in [-0.1, -0.05) is 26.8 Å². The third-order valence-electron chi connectivity index (χ3n) is 2.29. The third kappa shape index (κ3) is 2.29. The minimum absolute atomic E-state index is 0.284. The summed E-state index contributed by atoms with van der Waals surface area (Å²) in [5.41, 5.74) is 2.51. The zero-order chi connectivity index (χ0) is 10.9. The van der Waals surface area contributed by atoms with Crippen LogP contribution in [0.2, 0.25) is 0 Å². The first kappa shape index (κ1) is 10.0. The quantitative estimate of drug-likeness (QED) is 0.787. The summed E-state index contributed by atoms with van der Waals surface area (Å²) >= 11 is 0. The largest absolute Gasteiger partial charge is 0.384 e. The fourth-order valence-electron chi connectivity index (χ4n) is 1.48. The van der Waals surface area contributed by atoms with Crippen molar-refractivity contribution in [2.75, 3.05) is 11.9 Å². The zero-order valence-electron chi connectivity index (χ0n) is 9.46. The van der Waals surface area contributed by atoms with E-state index in [4.69, 9.17) is 0 Å². The summed E-state index contributed by atoms with van der Waals surface area (Å²) in [7, 11) is 0. The van der Waals surface area contributed by atoms with Gasteiger partial charge in [0.1, 0.15) is 0 Å². The summed E-state index contributed by atoms with van der Waals surface area (Å²) in [6.45, 7) is 7.61. The van der Waals surface area contributed by atoms with Gasteiger partial charge in [-0.25, -0.2) is 0 Å². The number of hydrogen-bond donors (Lipinski definition) is 2. The fourth-order valence-corrected chi connectivity index (χ4v) is 1.48. The first-order chi connectivity index (χ1) is 7.06. The van der Waals surface area contributed by atoms with E-state index in [1.165, 1.54) is 0 Å². The predicted molar refractivity (Wildman–Crippen MR) is 64.0 cm³/mol. The van der Waals surface area contributed by atoms with Crippen LogP contribution in [0, 0.1) is 5.41 Å². The molecule has 0 spiro atoms. The Morgan fingerprint density at radius 1 is 1.33 bits per heavy atom. The van der Waals surface area contributed by atoms with Crippen molar-refractivity contribution in [1.82, 2.24) is 10.2 Å². The van der Waals surface area contributed by atoms with E-state index < -0.39 is 0 Å². The van der Waals surface area contributed by atoms with Gasteiger partial charge >= 0.3 is 0 Å². The number of rotatable bonds is 2. The molecular formula is C12H17N3. The Morgan fingerprint density at radius 3 is 2.87 bits per heavy atom. The van der Waals surface area contributed by atoms with Gasteiger partial charge in [-0.2, -0.15) is 5.10 Å². The van der Waals surface area contributed by atoms with Crippen LogP contribution in [-0.4, -0.2) is 16.7 Å². The average molecular weight is 203 g/mol. The highest BCUT2D eigenvalue weighted by Crippen LogP contribution is 2.22. The highest BCUT2D eigenvalue weighted by atomic mass is 15.1. The van der Waals surface area contributed by atoms with Gasteiger partial charge in [-0.15, -0.1) is 0 Å². The molecule has 0 amide bonds. The summed E-state index contributed by atoms with van der Waals surface area (Å²) in [5.74, 6) is 0. The minimum atomic E-state index is 0.284. The molecule has 1 aromatic carbocycles. The number of aromatic nitrogens is 2. The zero-order valence-corrected chi connectivity index (χ0v) is 9.46. The monoisotopic (exact) mass is 203 g/mol. The van der Waals surface area contributed by atoms with E-state index in [0.29, 0.717) is 0 Å². The van der Waals surface area contributed by atoms with Crippen molar-refractivity contribution in [2.45, 2.75) is 20.8 Å². The maximum absolute atomic E-state index is 4.04. The smallest absolute Gasteiger partial charge is 0.0671 e. The van der Waals surface area contributed by atoms with Crippen LogP contribution in [0.1, 0.15) is 20.8 Å². The summed E-state index contributed by atoms with van der Waals surface area (Å²) < 4.78 is 0. The predicted octanol–water partition coefficient (Wildman–Crippen LogP) is 3.02. The molecule has 0 aliphatic carbocycles. The highest BCUT2D eigenvalue weighted by molar-refractivity contribution is 5.90. The van der Waals surface area contributed by atoms with Crippen molar-refractivity contribution in [3.63, 3.8) is 0 Å². The molecule has 0 saturated heterocycles. The van der Waals surface area contributed by atoms with Gasteiger partial charge in [0, 0.05) is 17.6 Å². The maximum atomic E-state index is 4.04. The van der Waals surface area contributed by atoms with Gasteiger partial charge in [0.05, 0.1) is 11.7 Å². The van der Waals surface area contributed by atoms with E-state index in [-0.39, 0.29) is 5.41 Å². The molecule has 2 N–H and O–H groups in total. The molecule has 0 saturated carbocycles. The van der Waals surface area contributed by atoms with Crippen LogP contribution in [0.3, 0.4) is 0 Å². The molecule has 0 bridgehead atoms. The van der Waals surface area contributed by atoms with Crippen LogP contribution in [0.25, 0.3) is 10.9 Å². The van der Waals surface area contributed by atoms with Crippen LogP contribution >= 0.6 is 0 Å². The van der Waals surface area contributed by atoms with E-state index in [1.807, 2.05) is 18.3 Å². The summed E-state index contributed by atoms with van der Waals surface area (Å²) in [5, 5.41) is 11.6. The number of fused-ring (bicyclic) bond motifs is 1. The Kier molecular flexibility index (Phi) is 2.39. The van der Waals surface area contributed by atoms with Crippen molar-refractivity contribution in [1.29, 1.82) is 0 Å². The van der Waals surface area contributed by atoms with Gasteiger partial charge in [0.15, 0.2) is 0 Å². The SMILES string of the molecule is CC(C)(C)CNc1cccc2[nH]ncc12. The lowest BCUT2D eigenvalue weighted by atomic mass is 9.97. The lowest BCUT2D eigenvalue weighted by Gasteiger charge is -2.19. The van der Waals surface area contributed by atoms with Gasteiger partial charge in [0.25, 0.3) is 0 Å². The number of benzene rings is 1. The van der Waals surface area contributed by atoms with E-state index >= 15 is 0 Å². The van der Waals surface area contributed by atoms with Crippen LogP contribution in [0.15, 0.2) is 24.4 Å². The van der Waals surface area contributed by atoms with Crippen molar-refractivity contribution in [3.05, 3.63) is 24.4 Å². The molecule has 0 aliphatic heterocycles. The number of nitrogens with zero attached hydrogens (tertiary/aromatic N) is 1. The molecule has 0 atom stereocenters. The Labute approximate surface area is 89.9 Å². The Hall–Kier alpha value is -1.51. The Balaban J connectivity index is 2.24. The fraction of sp³-hybridized carbons (Fsp3) is 0.417. The van der Waals surface area contributed by atoms with Gasteiger partial charge in [0.2, 0.25) is 0 Å². The Morgan fingerprint density at radius 2 is 2.13 bits per heavy atom. The highest BCUT2D eigenvalue weighted by Gasteiger charge is 2.10. The van der Waals surface area contributed by atoms with E-state index in [9.17, 15) is 0 Å². The normalized spacial score (nSPS) is 11.9. The topological polar surface area (TPSA) is 40.7 Å². The van der Waals surface area contributed by atoms with Crippen LogP contribution < -0.4 is 5.32 Å². The number of H-pyrrole nitrogens is 1. The minimum Gasteiger partial charge on any atom is -0.384 e. The van der Waals surface area contributed by atoms with Gasteiger partial charge < -0.3 is 5.32 Å². The molecular weight excluding hydrogens is 186 g/mol. The van der Waals surface area contributed by atoms with E-state index in [1.54, 1.807) is 0 Å². The van der Waals surface area contributed by atoms with E-state index in [0.717, 1.165) is 23.1 Å². The molecule has 0 unspecified atom stereocenters. The second kappa shape index (κ2) is 3.57. The molecule has 3 nitrogen and oxygen atoms in total. The standard InChI is InChI=1S/C12H17N3/c1-12(2,3)8-13-10-5-4-6-11-9(10)7-14-15-11/h4-7,13H,8H2,1-3H3,(H,14,15). The summed E-state index contributed by atoms with van der Waals surface area (Å²) in [4.78, 5) is 0. The van der Waals surface area contributed by atoms with Crippen molar-refractivity contribution in [3.8, 4) is 0 Å². The van der Waals surface area contributed by atoms with Crippen molar-refractivity contribution in [2.24, 2.45) is 5.41 Å². The van der Waals surface area contributed by atoms with Crippen LogP contribution in [0.4, 0.5) is 5.69 Å². The molecule has 1 heterocycles. The molecule has 0 fully saturated rings. The Bertz CT molecular complexity index is 451. The number of nitrogens with one attached hydrogen (secondary N) is 2. The maximum Gasteiger partial charge on any atom is 0.0671 e. The first-order valence-corrected chi connectivity index (χ1v) is 5.22. The second-order valence-electron chi connectivity index (χ2n) is 5.05. The molecule has 2 aromatic rings. The van der Waals surface area contributed by atoms with Gasteiger partial charge in [-0.3, -0.25) is 5.10 Å². The van der Waals surface area contributed by atoms with Gasteiger partial charge in [-0.05, 0) is 17.5 Å². The molecule has 1 aromatic heterocycles. The van der Waals surface area contributed by atoms with Crippen LogP contribution in [0.5, 0.6) is 0 Å². The molecule has 15 heavy (non-hydrogen) atoms. The number of aromatic amines is 1. The summed E-state index contributed by atoms with van der Waals surface area (Å²) in [6.07, 6.45) is 1.86. The molecule has 0 radical (unpaired) electrons. The average Bonchev–Trinajstić information content (AvgIpc) is 2.61. The van der Waals surface area contributed by atoms with Crippen molar-refractivity contribution < 1.29 is 0 Å². The van der Waals surface area contributed by atoms with Crippen molar-refractivity contribution >= 4 is 16.6 Å². The number of anilines is 1.